The highest BCUT2D eigenvalue weighted by Gasteiger charge is 2.31. The third kappa shape index (κ3) is 2.32. The van der Waals surface area contributed by atoms with Crippen LogP contribution < -0.4 is 5.73 Å². The minimum absolute atomic E-state index is 0.0389. The van der Waals surface area contributed by atoms with Gasteiger partial charge in [0, 0.05) is 24.2 Å². The summed E-state index contributed by atoms with van der Waals surface area (Å²) in [7, 11) is 0. The molecule has 5 heteroatoms. The number of hydrogen-bond acceptors (Lipinski definition) is 3. The molecule has 1 aromatic heterocycles. The summed E-state index contributed by atoms with van der Waals surface area (Å²) in [6.07, 6.45) is 0.641. The van der Waals surface area contributed by atoms with Crippen LogP contribution in [0.25, 0.3) is 10.9 Å². The van der Waals surface area contributed by atoms with E-state index in [0.717, 1.165) is 22.2 Å². The zero-order valence-corrected chi connectivity index (χ0v) is 12.8. The quantitative estimate of drug-likeness (QED) is 0.918. The Labute approximate surface area is 129 Å². The Hall–Kier alpha value is -2.43. The fraction of sp³-hybridized carbons (Fsp3) is 0.353. The third-order valence-electron chi connectivity index (χ3n) is 4.47. The summed E-state index contributed by atoms with van der Waals surface area (Å²) in [5, 5.41) is 0.859. The van der Waals surface area contributed by atoms with E-state index in [1.807, 2.05) is 38.1 Å². The van der Waals surface area contributed by atoms with Crippen LogP contribution in [0, 0.1) is 19.8 Å². The second-order valence-corrected chi connectivity index (χ2v) is 5.85. The van der Waals surface area contributed by atoms with Gasteiger partial charge in [0.25, 0.3) is 5.91 Å². The number of pyridine rings is 1. The first-order valence-electron chi connectivity index (χ1n) is 7.43. The smallest absolute Gasteiger partial charge is 0.254 e. The van der Waals surface area contributed by atoms with Crippen molar-refractivity contribution in [2.75, 3.05) is 13.1 Å². The maximum atomic E-state index is 12.9. The summed E-state index contributed by atoms with van der Waals surface area (Å²) in [5.41, 5.74) is 8.61. The lowest BCUT2D eigenvalue weighted by atomic mass is 10.0. The van der Waals surface area contributed by atoms with Crippen molar-refractivity contribution in [1.82, 2.24) is 9.88 Å². The van der Waals surface area contributed by atoms with E-state index in [9.17, 15) is 9.59 Å². The van der Waals surface area contributed by atoms with E-state index >= 15 is 0 Å². The Morgan fingerprint density at radius 3 is 2.68 bits per heavy atom. The largest absolute Gasteiger partial charge is 0.369 e. The summed E-state index contributed by atoms with van der Waals surface area (Å²) < 4.78 is 0. The molecule has 1 atom stereocenters. The van der Waals surface area contributed by atoms with Gasteiger partial charge in [0.05, 0.1) is 17.0 Å². The minimum atomic E-state index is -0.331. The summed E-state index contributed by atoms with van der Waals surface area (Å²) in [4.78, 5) is 30.5. The number of carbonyl (C=O) groups excluding carboxylic acids is 2. The molecule has 5 nitrogen and oxygen atoms in total. The predicted octanol–water partition coefficient (Wildman–Crippen LogP) is 1.80. The minimum Gasteiger partial charge on any atom is -0.369 e. The molecule has 1 unspecified atom stereocenters. The molecule has 1 fully saturated rings. The Morgan fingerprint density at radius 2 is 2.00 bits per heavy atom. The van der Waals surface area contributed by atoms with Gasteiger partial charge in [0.1, 0.15) is 0 Å². The number of para-hydroxylation sites is 1. The molecule has 0 radical (unpaired) electrons. The van der Waals surface area contributed by atoms with E-state index in [1.165, 1.54) is 0 Å². The number of aromatic nitrogens is 1. The van der Waals surface area contributed by atoms with Crippen LogP contribution in [0.2, 0.25) is 0 Å². The van der Waals surface area contributed by atoms with Crippen LogP contribution in [0.5, 0.6) is 0 Å². The first-order chi connectivity index (χ1) is 10.5. The fourth-order valence-electron chi connectivity index (χ4n) is 3.04. The van der Waals surface area contributed by atoms with E-state index in [2.05, 4.69) is 4.98 Å². The molecule has 1 aliphatic heterocycles. The Bertz CT molecular complexity index is 770. The first kappa shape index (κ1) is 14.5. The van der Waals surface area contributed by atoms with Crippen LogP contribution in [0.4, 0.5) is 0 Å². The lowest BCUT2D eigenvalue weighted by molar-refractivity contribution is -0.121. The van der Waals surface area contributed by atoms with Crippen LogP contribution in [0.3, 0.4) is 0 Å². The number of aryl methyl sites for hydroxylation is 1. The zero-order valence-electron chi connectivity index (χ0n) is 12.8. The summed E-state index contributed by atoms with van der Waals surface area (Å²) in [6.45, 7) is 4.81. The Kier molecular flexibility index (Phi) is 3.56. The summed E-state index contributed by atoms with van der Waals surface area (Å²) in [5.74, 6) is -0.607. The van der Waals surface area contributed by atoms with Crippen LogP contribution in [0.1, 0.15) is 28.0 Å². The van der Waals surface area contributed by atoms with Gasteiger partial charge in [-0.25, -0.2) is 0 Å². The summed E-state index contributed by atoms with van der Waals surface area (Å²) >= 11 is 0. The number of nitrogens with two attached hydrogens (primary N) is 1. The highest BCUT2D eigenvalue weighted by molar-refractivity contribution is 6.07. The van der Waals surface area contributed by atoms with Gasteiger partial charge in [-0.1, -0.05) is 18.2 Å². The van der Waals surface area contributed by atoms with Crippen molar-refractivity contribution in [1.29, 1.82) is 0 Å². The molecule has 0 saturated carbocycles. The van der Waals surface area contributed by atoms with Crippen molar-refractivity contribution < 1.29 is 9.59 Å². The third-order valence-corrected chi connectivity index (χ3v) is 4.47. The molecular weight excluding hydrogens is 278 g/mol. The van der Waals surface area contributed by atoms with Gasteiger partial charge in [-0.05, 0) is 31.9 Å². The van der Waals surface area contributed by atoms with E-state index in [4.69, 9.17) is 5.73 Å². The summed E-state index contributed by atoms with van der Waals surface area (Å²) in [6, 6.07) is 7.65. The Morgan fingerprint density at radius 1 is 1.27 bits per heavy atom. The second kappa shape index (κ2) is 5.40. The van der Waals surface area contributed by atoms with Gasteiger partial charge in [-0.15, -0.1) is 0 Å². The molecule has 0 aliphatic carbocycles. The van der Waals surface area contributed by atoms with E-state index in [1.54, 1.807) is 4.90 Å². The molecule has 1 saturated heterocycles. The van der Waals surface area contributed by atoms with Crippen LogP contribution in [-0.2, 0) is 4.79 Å². The highest BCUT2D eigenvalue weighted by atomic mass is 16.2. The number of hydrogen-bond donors (Lipinski definition) is 1. The van der Waals surface area contributed by atoms with Crippen molar-refractivity contribution in [3.8, 4) is 0 Å². The molecule has 114 valence electrons. The topological polar surface area (TPSA) is 76.3 Å². The van der Waals surface area contributed by atoms with Crippen LogP contribution in [-0.4, -0.2) is 34.8 Å². The van der Waals surface area contributed by atoms with Crippen LogP contribution in [0.15, 0.2) is 24.3 Å². The molecule has 2 heterocycles. The number of carbonyl (C=O) groups is 2. The number of fused-ring (bicyclic) bond motifs is 1. The predicted molar refractivity (Wildman–Crippen MR) is 84.4 cm³/mol. The number of likely N-dealkylation sites (tertiary alicyclic amines) is 1. The molecule has 0 bridgehead atoms. The molecule has 2 aromatic rings. The maximum Gasteiger partial charge on any atom is 0.254 e. The van der Waals surface area contributed by atoms with Crippen molar-refractivity contribution in [2.45, 2.75) is 20.3 Å². The second-order valence-electron chi connectivity index (χ2n) is 5.85. The molecule has 2 N–H and O–H groups in total. The molecular formula is C17H19N3O2. The number of amides is 2. The lowest BCUT2D eigenvalue weighted by Gasteiger charge is -2.19. The van der Waals surface area contributed by atoms with Gasteiger partial charge in [0.15, 0.2) is 0 Å². The standard InChI is InChI=1S/C17H19N3O2/c1-10-11(2)19-14-6-4-3-5-13(14)15(10)17(22)20-8-7-12(9-20)16(18)21/h3-6,12H,7-9H2,1-2H3,(H2,18,21). The molecule has 1 aromatic carbocycles. The molecule has 0 spiro atoms. The maximum absolute atomic E-state index is 12.9. The van der Waals surface area contributed by atoms with E-state index in [0.29, 0.717) is 25.1 Å². The normalized spacial score (nSPS) is 17.9. The van der Waals surface area contributed by atoms with Gasteiger partial charge in [-0.2, -0.15) is 0 Å². The van der Waals surface area contributed by atoms with Gasteiger partial charge in [-0.3, -0.25) is 14.6 Å². The monoisotopic (exact) mass is 297 g/mol. The first-order valence-corrected chi connectivity index (χ1v) is 7.43. The SMILES string of the molecule is Cc1nc2ccccc2c(C(=O)N2CCC(C(N)=O)C2)c1C. The zero-order chi connectivity index (χ0) is 15.9. The van der Waals surface area contributed by atoms with Crippen molar-refractivity contribution >= 4 is 22.7 Å². The number of benzene rings is 1. The van der Waals surface area contributed by atoms with Crippen molar-refractivity contribution in [2.24, 2.45) is 11.7 Å². The number of nitrogens with zero attached hydrogens (tertiary/aromatic N) is 2. The average Bonchev–Trinajstić information content (AvgIpc) is 2.98. The van der Waals surface area contributed by atoms with Crippen molar-refractivity contribution in [3.05, 3.63) is 41.1 Å². The fourth-order valence-corrected chi connectivity index (χ4v) is 3.04. The highest BCUT2D eigenvalue weighted by Crippen LogP contribution is 2.26. The van der Waals surface area contributed by atoms with Crippen LogP contribution >= 0.6 is 0 Å². The molecule has 3 rings (SSSR count). The number of primary amides is 1. The van der Waals surface area contributed by atoms with E-state index in [-0.39, 0.29) is 17.7 Å². The molecule has 1 aliphatic rings. The van der Waals surface area contributed by atoms with Gasteiger partial charge < -0.3 is 10.6 Å². The Balaban J connectivity index is 2.04. The molecule has 22 heavy (non-hydrogen) atoms. The van der Waals surface area contributed by atoms with Crippen molar-refractivity contribution in [3.63, 3.8) is 0 Å². The number of rotatable bonds is 2. The van der Waals surface area contributed by atoms with Gasteiger partial charge >= 0.3 is 0 Å². The average molecular weight is 297 g/mol. The van der Waals surface area contributed by atoms with E-state index < -0.39 is 0 Å². The lowest BCUT2D eigenvalue weighted by Crippen LogP contribution is -2.32. The molecule has 2 amide bonds. The van der Waals surface area contributed by atoms with Gasteiger partial charge in [0.2, 0.25) is 5.91 Å².